The smallest absolute Gasteiger partial charge is 0.212 e. The fourth-order valence-corrected chi connectivity index (χ4v) is 2.07. The molecule has 4 heteroatoms. The van der Waals surface area contributed by atoms with E-state index in [1.54, 1.807) is 12.2 Å². The number of hydrogen-bond donors (Lipinski definition) is 1. The Labute approximate surface area is 101 Å². The lowest BCUT2D eigenvalue weighted by molar-refractivity contribution is 0.600. The van der Waals surface area contributed by atoms with Gasteiger partial charge in [0.1, 0.15) is 0 Å². The number of hydrogen-bond acceptors (Lipinski definition) is 2. The first-order valence-electron chi connectivity index (χ1n) is 5.21. The van der Waals surface area contributed by atoms with Crippen LogP contribution in [0.2, 0.25) is 0 Å². The van der Waals surface area contributed by atoms with Crippen molar-refractivity contribution in [3.63, 3.8) is 0 Å². The monoisotopic (exact) mass is 247 g/mol. The molecule has 0 saturated heterocycles. The van der Waals surface area contributed by atoms with Crippen molar-refractivity contribution in [2.45, 2.75) is 0 Å². The van der Waals surface area contributed by atoms with Crippen molar-refractivity contribution in [2.75, 3.05) is 5.75 Å². The van der Waals surface area contributed by atoms with E-state index >= 15 is 0 Å². The molecule has 0 spiro atoms. The van der Waals surface area contributed by atoms with Crippen molar-refractivity contribution in [1.82, 2.24) is 0 Å². The van der Waals surface area contributed by atoms with E-state index in [-0.39, 0.29) is 5.75 Å². The number of primary sulfonamides is 1. The summed E-state index contributed by atoms with van der Waals surface area (Å²) in [5.74, 6) is -0.143. The van der Waals surface area contributed by atoms with Gasteiger partial charge in [-0.1, -0.05) is 54.6 Å². The van der Waals surface area contributed by atoms with E-state index in [4.69, 9.17) is 5.14 Å². The maximum absolute atomic E-state index is 10.8. The fourth-order valence-electron chi connectivity index (χ4n) is 1.70. The number of rotatable bonds is 3. The predicted octanol–water partition coefficient (Wildman–Crippen LogP) is 2.14. The molecule has 0 aliphatic carbocycles. The Morgan fingerprint density at radius 3 is 2.53 bits per heavy atom. The Hall–Kier alpha value is -1.65. The summed E-state index contributed by atoms with van der Waals surface area (Å²) in [4.78, 5) is 0. The van der Waals surface area contributed by atoms with Crippen LogP contribution in [-0.4, -0.2) is 14.2 Å². The van der Waals surface area contributed by atoms with Gasteiger partial charge in [-0.25, -0.2) is 13.6 Å². The van der Waals surface area contributed by atoms with Gasteiger partial charge in [-0.05, 0) is 16.3 Å². The number of benzene rings is 2. The van der Waals surface area contributed by atoms with Crippen LogP contribution >= 0.6 is 0 Å². The van der Waals surface area contributed by atoms with E-state index in [9.17, 15) is 8.42 Å². The van der Waals surface area contributed by atoms with E-state index in [0.717, 1.165) is 16.3 Å². The largest absolute Gasteiger partial charge is 0.228 e. The molecule has 2 aromatic rings. The molecule has 2 N–H and O–H groups in total. The van der Waals surface area contributed by atoms with E-state index < -0.39 is 10.0 Å². The van der Waals surface area contributed by atoms with E-state index in [2.05, 4.69) is 0 Å². The van der Waals surface area contributed by atoms with Crippen LogP contribution in [0.25, 0.3) is 16.8 Å². The van der Waals surface area contributed by atoms with Crippen LogP contribution in [0.3, 0.4) is 0 Å². The molecule has 0 unspecified atom stereocenters. The summed E-state index contributed by atoms with van der Waals surface area (Å²) in [5.41, 5.74) is 0.992. The van der Waals surface area contributed by atoms with Crippen molar-refractivity contribution < 1.29 is 8.42 Å². The molecule has 0 aromatic heterocycles. The van der Waals surface area contributed by atoms with Crippen molar-refractivity contribution in [1.29, 1.82) is 0 Å². The minimum Gasteiger partial charge on any atom is -0.228 e. The Bertz CT molecular complexity index is 655. The van der Waals surface area contributed by atoms with Gasteiger partial charge in [0.05, 0.1) is 5.75 Å². The fraction of sp³-hybridized carbons (Fsp3) is 0.0769. The summed E-state index contributed by atoms with van der Waals surface area (Å²) in [6, 6.07) is 13.9. The molecular weight excluding hydrogens is 234 g/mol. The molecule has 0 fully saturated rings. The van der Waals surface area contributed by atoms with Crippen LogP contribution in [0.4, 0.5) is 0 Å². The molecule has 0 aliphatic rings. The van der Waals surface area contributed by atoms with E-state index in [1.165, 1.54) is 0 Å². The Morgan fingerprint density at radius 1 is 1.06 bits per heavy atom. The van der Waals surface area contributed by atoms with Crippen LogP contribution in [0, 0.1) is 0 Å². The highest BCUT2D eigenvalue weighted by Gasteiger charge is 1.99. The minimum absolute atomic E-state index is 0.143. The normalized spacial score (nSPS) is 12.3. The van der Waals surface area contributed by atoms with Crippen molar-refractivity contribution in [2.24, 2.45) is 5.14 Å². The van der Waals surface area contributed by atoms with Gasteiger partial charge in [-0.15, -0.1) is 0 Å². The number of fused-ring (bicyclic) bond motifs is 1. The van der Waals surface area contributed by atoms with Gasteiger partial charge in [0.2, 0.25) is 10.0 Å². The molecule has 0 heterocycles. The predicted molar refractivity (Wildman–Crippen MR) is 71.0 cm³/mol. The first-order chi connectivity index (χ1) is 8.06. The minimum atomic E-state index is -3.43. The van der Waals surface area contributed by atoms with Gasteiger partial charge in [0.15, 0.2) is 0 Å². The van der Waals surface area contributed by atoms with Gasteiger partial charge in [-0.2, -0.15) is 0 Å². The average Bonchev–Trinajstić information content (AvgIpc) is 2.28. The molecule has 0 aliphatic heterocycles. The zero-order valence-corrected chi connectivity index (χ0v) is 10.0. The molecule has 3 nitrogen and oxygen atoms in total. The van der Waals surface area contributed by atoms with E-state index in [0.29, 0.717) is 0 Å². The quantitative estimate of drug-likeness (QED) is 0.903. The van der Waals surface area contributed by atoms with Gasteiger partial charge >= 0.3 is 0 Å². The highest BCUT2D eigenvalue weighted by Crippen LogP contribution is 2.19. The Kier molecular flexibility index (Phi) is 3.26. The van der Waals surface area contributed by atoms with Crippen LogP contribution in [0.15, 0.2) is 48.5 Å². The van der Waals surface area contributed by atoms with Gasteiger partial charge in [0, 0.05) is 0 Å². The van der Waals surface area contributed by atoms with E-state index in [1.807, 2.05) is 42.5 Å². The summed E-state index contributed by atoms with van der Waals surface area (Å²) in [6.07, 6.45) is 3.35. The third-order valence-electron chi connectivity index (χ3n) is 2.45. The summed E-state index contributed by atoms with van der Waals surface area (Å²) in [7, 11) is -3.43. The molecule has 0 saturated carbocycles. The second-order valence-corrected chi connectivity index (χ2v) is 5.46. The molecule has 2 rings (SSSR count). The molecule has 17 heavy (non-hydrogen) atoms. The third kappa shape index (κ3) is 3.15. The Morgan fingerprint density at radius 2 is 1.76 bits per heavy atom. The maximum atomic E-state index is 10.8. The molecule has 0 atom stereocenters. The summed E-state index contributed by atoms with van der Waals surface area (Å²) >= 11 is 0. The van der Waals surface area contributed by atoms with Gasteiger partial charge in [-0.3, -0.25) is 0 Å². The topological polar surface area (TPSA) is 60.2 Å². The molecule has 0 bridgehead atoms. The SMILES string of the molecule is NS(=O)(=O)C/C=C/c1cccc2ccccc12. The zero-order valence-electron chi connectivity index (χ0n) is 9.21. The van der Waals surface area contributed by atoms with Gasteiger partial charge in [0.25, 0.3) is 0 Å². The summed E-state index contributed by atoms with van der Waals surface area (Å²) in [5, 5.41) is 7.16. The molecule has 2 aromatic carbocycles. The second-order valence-electron chi connectivity index (χ2n) is 3.80. The molecule has 0 radical (unpaired) electrons. The van der Waals surface area contributed by atoms with Crippen molar-refractivity contribution >= 4 is 26.9 Å². The van der Waals surface area contributed by atoms with Crippen LogP contribution in [-0.2, 0) is 10.0 Å². The molecule has 0 amide bonds. The highest BCUT2D eigenvalue weighted by atomic mass is 32.2. The van der Waals surface area contributed by atoms with Crippen molar-refractivity contribution in [3.05, 3.63) is 54.1 Å². The summed E-state index contributed by atoms with van der Waals surface area (Å²) < 4.78 is 21.6. The maximum Gasteiger partial charge on any atom is 0.212 e. The zero-order chi connectivity index (χ0) is 12.3. The van der Waals surface area contributed by atoms with Crippen LogP contribution < -0.4 is 5.14 Å². The first-order valence-corrected chi connectivity index (χ1v) is 6.92. The standard InChI is InChI=1S/C13H13NO2S/c14-17(15,16)10-4-8-12-7-3-6-11-5-1-2-9-13(11)12/h1-9H,10H2,(H2,14,15,16)/b8-4+. The van der Waals surface area contributed by atoms with Crippen molar-refractivity contribution in [3.8, 4) is 0 Å². The van der Waals surface area contributed by atoms with Gasteiger partial charge < -0.3 is 0 Å². The van der Waals surface area contributed by atoms with Crippen LogP contribution in [0.1, 0.15) is 5.56 Å². The lowest BCUT2D eigenvalue weighted by atomic mass is 10.0. The molecule has 88 valence electrons. The molecular formula is C13H13NO2S. The highest BCUT2D eigenvalue weighted by molar-refractivity contribution is 7.89. The lowest BCUT2D eigenvalue weighted by Crippen LogP contribution is -2.14. The van der Waals surface area contributed by atoms with Crippen LogP contribution in [0.5, 0.6) is 0 Å². The Balaban J connectivity index is 2.36. The number of sulfonamides is 1. The third-order valence-corrected chi connectivity index (χ3v) is 3.11. The number of nitrogens with two attached hydrogens (primary N) is 1. The first kappa shape index (κ1) is 11.8. The average molecular weight is 247 g/mol. The second kappa shape index (κ2) is 4.69. The lowest BCUT2D eigenvalue weighted by Gasteiger charge is -2.01. The summed E-state index contributed by atoms with van der Waals surface area (Å²) in [6.45, 7) is 0.